The molecule has 0 aliphatic carbocycles. The number of amides is 1. The van der Waals surface area contributed by atoms with Gasteiger partial charge >= 0.3 is 0 Å². The maximum Gasteiger partial charge on any atom is 0.224 e. The highest BCUT2D eigenvalue weighted by Gasteiger charge is 2.07. The molecule has 16 heavy (non-hydrogen) atoms. The van der Waals surface area contributed by atoms with Crippen LogP contribution in [0.2, 0.25) is 5.02 Å². The zero-order valence-corrected chi connectivity index (χ0v) is 11.7. The predicted octanol–water partition coefficient (Wildman–Crippen LogP) is 3.04. The van der Waals surface area contributed by atoms with E-state index in [0.717, 1.165) is 9.26 Å². The number of benzene rings is 1. The van der Waals surface area contributed by atoms with Gasteiger partial charge in [-0.15, -0.1) is 0 Å². The molecule has 3 nitrogen and oxygen atoms in total. The summed E-state index contributed by atoms with van der Waals surface area (Å²) in [5.41, 5.74) is 0.751. The number of carbonyl (C=O) groups is 1. The van der Waals surface area contributed by atoms with Gasteiger partial charge in [-0.05, 0) is 54.1 Å². The molecule has 0 aromatic heterocycles. The summed E-state index contributed by atoms with van der Waals surface area (Å²) in [6, 6.07) is 5.28. The molecule has 1 atom stereocenters. The van der Waals surface area contributed by atoms with E-state index in [9.17, 15) is 4.79 Å². The summed E-state index contributed by atoms with van der Waals surface area (Å²) in [7, 11) is 0. The highest BCUT2D eigenvalue weighted by Crippen LogP contribution is 2.22. The van der Waals surface area contributed by atoms with E-state index in [1.165, 1.54) is 0 Å². The van der Waals surface area contributed by atoms with Gasteiger partial charge in [-0.25, -0.2) is 0 Å². The average Bonchev–Trinajstić information content (AvgIpc) is 2.19. The van der Waals surface area contributed by atoms with Crippen molar-refractivity contribution in [3.63, 3.8) is 0 Å². The van der Waals surface area contributed by atoms with Crippen molar-refractivity contribution in [2.45, 2.75) is 25.9 Å². The van der Waals surface area contributed by atoms with Crippen molar-refractivity contribution in [3.05, 3.63) is 26.8 Å². The van der Waals surface area contributed by atoms with Crippen LogP contribution >= 0.6 is 34.2 Å². The van der Waals surface area contributed by atoms with E-state index in [1.807, 2.05) is 0 Å². The Kier molecular flexibility index (Phi) is 5.51. The molecule has 1 aromatic rings. The van der Waals surface area contributed by atoms with Gasteiger partial charge in [0.25, 0.3) is 0 Å². The van der Waals surface area contributed by atoms with E-state index < -0.39 is 6.10 Å². The highest BCUT2D eigenvalue weighted by molar-refractivity contribution is 14.1. The second-order valence-electron chi connectivity index (χ2n) is 3.56. The lowest BCUT2D eigenvalue weighted by Crippen LogP contribution is -2.14. The highest BCUT2D eigenvalue weighted by atomic mass is 127. The second-order valence-corrected chi connectivity index (χ2v) is 5.16. The van der Waals surface area contributed by atoms with E-state index >= 15 is 0 Å². The molecule has 5 heteroatoms. The van der Waals surface area contributed by atoms with Gasteiger partial charge in [0, 0.05) is 15.0 Å². The third-order valence-corrected chi connectivity index (χ3v) is 3.12. The minimum atomic E-state index is -0.449. The maximum atomic E-state index is 11.5. The van der Waals surface area contributed by atoms with E-state index in [-0.39, 0.29) is 5.91 Å². The summed E-state index contributed by atoms with van der Waals surface area (Å²) in [6.45, 7) is 1.67. The fourth-order valence-corrected chi connectivity index (χ4v) is 2.15. The van der Waals surface area contributed by atoms with Crippen molar-refractivity contribution in [1.29, 1.82) is 0 Å². The lowest BCUT2D eigenvalue weighted by atomic mass is 10.2. The lowest BCUT2D eigenvalue weighted by molar-refractivity contribution is -0.116. The minimum Gasteiger partial charge on any atom is -0.393 e. The standard InChI is InChI=1S/C11H13ClINO2/c1-7(15)2-5-11(16)14-10-4-3-8(12)6-9(10)13/h3-4,6-7,15H,2,5H2,1H3,(H,14,16). The topological polar surface area (TPSA) is 49.3 Å². The molecule has 0 spiro atoms. The normalized spacial score (nSPS) is 12.2. The van der Waals surface area contributed by atoms with Gasteiger partial charge in [-0.2, -0.15) is 0 Å². The van der Waals surface area contributed by atoms with Gasteiger partial charge in [-0.1, -0.05) is 11.6 Å². The Balaban J connectivity index is 2.56. The van der Waals surface area contributed by atoms with Crippen molar-refractivity contribution in [1.82, 2.24) is 0 Å². The summed E-state index contributed by atoms with van der Waals surface area (Å²) in [4.78, 5) is 11.5. The minimum absolute atomic E-state index is 0.0962. The first-order valence-electron chi connectivity index (χ1n) is 4.92. The smallest absolute Gasteiger partial charge is 0.224 e. The molecule has 0 saturated heterocycles. The summed E-state index contributed by atoms with van der Waals surface area (Å²) in [5, 5.41) is 12.5. The number of carbonyl (C=O) groups excluding carboxylic acids is 1. The van der Waals surface area contributed by atoms with Gasteiger partial charge in [0.15, 0.2) is 0 Å². The Morgan fingerprint density at radius 2 is 2.31 bits per heavy atom. The first kappa shape index (κ1) is 13.7. The molecule has 1 rings (SSSR count). The fraction of sp³-hybridized carbons (Fsp3) is 0.364. The zero-order valence-electron chi connectivity index (χ0n) is 8.84. The number of hydrogen-bond donors (Lipinski definition) is 2. The van der Waals surface area contributed by atoms with Crippen LogP contribution in [0, 0.1) is 3.57 Å². The number of aliphatic hydroxyl groups excluding tert-OH is 1. The fourth-order valence-electron chi connectivity index (χ4n) is 1.14. The molecule has 0 aliphatic heterocycles. The van der Waals surface area contributed by atoms with Crippen LogP contribution in [-0.2, 0) is 4.79 Å². The van der Waals surface area contributed by atoms with Crippen molar-refractivity contribution < 1.29 is 9.90 Å². The Bertz CT molecular complexity index is 382. The van der Waals surface area contributed by atoms with Crippen LogP contribution in [0.15, 0.2) is 18.2 Å². The molecule has 0 saturated carbocycles. The zero-order chi connectivity index (χ0) is 12.1. The molecule has 0 fully saturated rings. The average molecular weight is 354 g/mol. The van der Waals surface area contributed by atoms with E-state index in [0.29, 0.717) is 17.9 Å². The first-order chi connectivity index (χ1) is 7.49. The number of hydrogen-bond acceptors (Lipinski definition) is 2. The molecule has 88 valence electrons. The van der Waals surface area contributed by atoms with Crippen LogP contribution in [0.4, 0.5) is 5.69 Å². The van der Waals surface area contributed by atoms with Crippen LogP contribution in [0.5, 0.6) is 0 Å². The van der Waals surface area contributed by atoms with Gasteiger partial charge < -0.3 is 10.4 Å². The number of anilines is 1. The SMILES string of the molecule is CC(O)CCC(=O)Nc1ccc(Cl)cc1I. The maximum absolute atomic E-state index is 11.5. The third kappa shape index (κ3) is 4.67. The van der Waals surface area contributed by atoms with Crippen molar-refractivity contribution >= 4 is 45.8 Å². The molecule has 0 heterocycles. The molecular weight excluding hydrogens is 340 g/mol. The molecule has 2 N–H and O–H groups in total. The number of rotatable bonds is 4. The predicted molar refractivity (Wildman–Crippen MR) is 73.7 cm³/mol. The molecule has 1 unspecified atom stereocenters. The summed E-state index contributed by atoms with van der Waals surface area (Å²) in [6.07, 6.45) is 0.335. The van der Waals surface area contributed by atoms with Crippen molar-refractivity contribution in [3.8, 4) is 0 Å². The summed E-state index contributed by atoms with van der Waals surface area (Å²) in [5.74, 6) is -0.0962. The number of aliphatic hydroxyl groups is 1. The third-order valence-electron chi connectivity index (χ3n) is 1.99. The van der Waals surface area contributed by atoms with Crippen LogP contribution in [-0.4, -0.2) is 17.1 Å². The summed E-state index contributed by atoms with van der Waals surface area (Å²) >= 11 is 7.92. The van der Waals surface area contributed by atoms with Crippen LogP contribution < -0.4 is 5.32 Å². The lowest BCUT2D eigenvalue weighted by Gasteiger charge is -2.08. The Labute approximate surface area is 113 Å². The first-order valence-corrected chi connectivity index (χ1v) is 6.37. The van der Waals surface area contributed by atoms with Gasteiger partial charge in [0.2, 0.25) is 5.91 Å². The van der Waals surface area contributed by atoms with E-state index in [2.05, 4.69) is 27.9 Å². The van der Waals surface area contributed by atoms with Gasteiger partial charge in [0.1, 0.15) is 0 Å². The molecule has 1 amide bonds. The molecule has 0 aliphatic rings. The monoisotopic (exact) mass is 353 g/mol. The van der Waals surface area contributed by atoms with E-state index in [1.54, 1.807) is 25.1 Å². The van der Waals surface area contributed by atoms with E-state index in [4.69, 9.17) is 16.7 Å². The molecule has 0 radical (unpaired) electrons. The number of halogens is 2. The van der Waals surface area contributed by atoms with Gasteiger partial charge in [-0.3, -0.25) is 4.79 Å². The van der Waals surface area contributed by atoms with Gasteiger partial charge in [0.05, 0.1) is 11.8 Å². The Morgan fingerprint density at radius 1 is 1.62 bits per heavy atom. The Hall–Kier alpha value is -0.330. The number of nitrogens with one attached hydrogen (secondary N) is 1. The largest absolute Gasteiger partial charge is 0.393 e. The molecular formula is C11H13ClINO2. The Morgan fingerprint density at radius 3 is 2.88 bits per heavy atom. The van der Waals surface area contributed by atoms with Crippen LogP contribution in [0.25, 0.3) is 0 Å². The van der Waals surface area contributed by atoms with Crippen molar-refractivity contribution in [2.24, 2.45) is 0 Å². The van der Waals surface area contributed by atoms with Crippen molar-refractivity contribution in [2.75, 3.05) is 5.32 Å². The van der Waals surface area contributed by atoms with Crippen LogP contribution in [0.3, 0.4) is 0 Å². The summed E-state index contributed by atoms with van der Waals surface area (Å²) < 4.78 is 0.899. The molecule has 1 aromatic carbocycles. The molecule has 0 bridgehead atoms. The quantitative estimate of drug-likeness (QED) is 0.818. The second kappa shape index (κ2) is 6.42. The van der Waals surface area contributed by atoms with Crippen LogP contribution in [0.1, 0.15) is 19.8 Å².